The Kier molecular flexibility index (Phi) is 4.41. The van der Waals surface area contributed by atoms with Gasteiger partial charge in [0.1, 0.15) is 0 Å². The number of aryl methyl sites for hydroxylation is 1. The average Bonchev–Trinajstić information content (AvgIpc) is 2.67. The highest BCUT2D eigenvalue weighted by Crippen LogP contribution is 2.29. The van der Waals surface area contributed by atoms with Crippen LogP contribution >= 0.6 is 11.3 Å². The van der Waals surface area contributed by atoms with Crippen molar-refractivity contribution in [3.63, 3.8) is 0 Å². The lowest BCUT2D eigenvalue weighted by Gasteiger charge is -2.13. The molecule has 0 aromatic carbocycles. The lowest BCUT2D eigenvalue weighted by atomic mass is 9.98. The van der Waals surface area contributed by atoms with E-state index in [1.165, 1.54) is 11.3 Å². The molecular weight excluding hydrogens is 264 g/mol. The molecule has 0 spiro atoms. The van der Waals surface area contributed by atoms with Gasteiger partial charge in [-0.15, -0.1) is 11.3 Å². The van der Waals surface area contributed by atoms with Crippen molar-refractivity contribution in [1.29, 1.82) is 0 Å². The molecule has 0 aliphatic rings. The molecule has 19 heavy (non-hydrogen) atoms. The van der Waals surface area contributed by atoms with Crippen LogP contribution in [-0.2, 0) is 15.0 Å². The van der Waals surface area contributed by atoms with Crippen molar-refractivity contribution in [2.75, 3.05) is 0 Å². The maximum atomic E-state index is 11.0. The molecule has 1 aromatic heterocycles. The molecule has 7 heteroatoms. The molecule has 0 atom stereocenters. The largest absolute Gasteiger partial charge is 0.361 e. The first-order chi connectivity index (χ1) is 8.62. The molecule has 0 aliphatic heterocycles. The Morgan fingerprint density at radius 1 is 1.37 bits per heavy atom. The van der Waals surface area contributed by atoms with Gasteiger partial charge in [0.05, 0.1) is 21.3 Å². The van der Waals surface area contributed by atoms with Gasteiger partial charge >= 0.3 is 11.8 Å². The summed E-state index contributed by atoms with van der Waals surface area (Å²) >= 11 is 1.53. The monoisotopic (exact) mass is 282 g/mol. The molecule has 0 radical (unpaired) electrons. The van der Waals surface area contributed by atoms with Crippen molar-refractivity contribution >= 4 is 28.9 Å². The third-order valence-corrected chi connectivity index (χ3v) is 4.01. The third kappa shape index (κ3) is 3.85. The second kappa shape index (κ2) is 5.48. The van der Waals surface area contributed by atoms with Crippen molar-refractivity contribution in [3.05, 3.63) is 15.6 Å². The first-order valence-corrected chi connectivity index (χ1v) is 6.57. The van der Waals surface area contributed by atoms with Crippen LogP contribution in [-0.4, -0.2) is 22.5 Å². The van der Waals surface area contributed by atoms with Gasteiger partial charge in [-0.3, -0.25) is 9.59 Å². The van der Waals surface area contributed by atoms with Gasteiger partial charge in [0.2, 0.25) is 0 Å². The fraction of sp³-hybridized carbons (Fsp3) is 0.500. The molecule has 0 saturated heterocycles. The average molecular weight is 282 g/mol. The number of carbonyl (C=O) groups excluding carboxylic acids is 2. The minimum Gasteiger partial charge on any atom is -0.361 e. The van der Waals surface area contributed by atoms with E-state index in [9.17, 15) is 9.59 Å². The summed E-state index contributed by atoms with van der Waals surface area (Å²) in [5.41, 5.74) is 8.34. The van der Waals surface area contributed by atoms with Crippen LogP contribution in [0.3, 0.4) is 0 Å². The Morgan fingerprint density at radius 3 is 2.37 bits per heavy atom. The number of thiazole rings is 1. The summed E-state index contributed by atoms with van der Waals surface area (Å²) in [5.74, 6) is -1.99. The van der Waals surface area contributed by atoms with Gasteiger partial charge in [-0.25, -0.2) is 10.4 Å². The molecular formula is C12H18N4O2S. The zero-order valence-electron chi connectivity index (χ0n) is 11.7. The first kappa shape index (κ1) is 15.3. The number of nitrogens with two attached hydrogens (primary N) is 1. The summed E-state index contributed by atoms with van der Waals surface area (Å²) < 4.78 is 0. The zero-order chi connectivity index (χ0) is 14.8. The van der Waals surface area contributed by atoms with E-state index < -0.39 is 11.8 Å². The van der Waals surface area contributed by atoms with Crippen LogP contribution in [0.1, 0.15) is 43.3 Å². The van der Waals surface area contributed by atoms with Gasteiger partial charge in [0, 0.05) is 5.41 Å². The van der Waals surface area contributed by atoms with Crippen LogP contribution in [0, 0.1) is 6.92 Å². The Balaban J connectivity index is 2.97. The molecule has 104 valence electrons. The van der Waals surface area contributed by atoms with Crippen LogP contribution in [0.15, 0.2) is 5.10 Å². The molecule has 3 N–H and O–H groups in total. The van der Waals surface area contributed by atoms with Crippen LogP contribution in [0.2, 0.25) is 0 Å². The molecule has 0 saturated carbocycles. The van der Waals surface area contributed by atoms with E-state index in [-0.39, 0.29) is 5.41 Å². The fourth-order valence-corrected chi connectivity index (χ4v) is 2.36. The number of hydrogen-bond acceptors (Lipinski definition) is 5. The summed E-state index contributed by atoms with van der Waals surface area (Å²) in [6, 6.07) is 0. The highest BCUT2D eigenvalue weighted by molar-refractivity contribution is 7.14. The second-order valence-corrected chi connectivity index (χ2v) is 6.19. The molecule has 6 nitrogen and oxygen atoms in total. The summed E-state index contributed by atoms with van der Waals surface area (Å²) in [4.78, 5) is 27.0. The number of hydrogen-bond donors (Lipinski definition) is 2. The number of amides is 2. The summed E-state index contributed by atoms with van der Waals surface area (Å²) in [5, 5.41) is 4.85. The molecule has 1 rings (SSSR count). The maximum absolute atomic E-state index is 11.0. The van der Waals surface area contributed by atoms with Gasteiger partial charge < -0.3 is 5.73 Å². The predicted molar refractivity (Wildman–Crippen MR) is 75.1 cm³/mol. The van der Waals surface area contributed by atoms with Crippen molar-refractivity contribution in [1.82, 2.24) is 10.4 Å². The Bertz CT molecular complexity index is 540. The first-order valence-electron chi connectivity index (χ1n) is 5.75. The third-order valence-electron chi connectivity index (χ3n) is 2.32. The highest BCUT2D eigenvalue weighted by atomic mass is 32.1. The lowest BCUT2D eigenvalue weighted by molar-refractivity contribution is -0.137. The quantitative estimate of drug-likeness (QED) is 0.482. The Hall–Kier alpha value is -1.76. The number of aromatic nitrogens is 1. The molecule has 0 aliphatic carbocycles. The molecule has 2 amide bonds. The van der Waals surface area contributed by atoms with Gasteiger partial charge in [-0.2, -0.15) is 5.10 Å². The van der Waals surface area contributed by atoms with Crippen molar-refractivity contribution in [2.45, 2.75) is 40.0 Å². The SMILES string of the molecule is CC(=NNC(=O)C(N)=O)c1sc(C(C)(C)C)nc1C. The van der Waals surface area contributed by atoms with Crippen LogP contribution in [0.25, 0.3) is 0 Å². The zero-order valence-corrected chi connectivity index (χ0v) is 12.5. The normalized spacial score (nSPS) is 12.4. The van der Waals surface area contributed by atoms with Gasteiger partial charge in [-0.05, 0) is 13.8 Å². The molecule has 1 aromatic rings. The second-order valence-electron chi connectivity index (χ2n) is 5.19. The van der Waals surface area contributed by atoms with Gasteiger partial charge in [0.15, 0.2) is 0 Å². The smallest absolute Gasteiger partial charge is 0.329 e. The van der Waals surface area contributed by atoms with Crippen molar-refractivity contribution < 1.29 is 9.59 Å². The standard InChI is InChI=1S/C12H18N4O2S/c1-6-8(19-11(14-6)12(3,4)5)7(2)15-16-10(18)9(13)17/h1-5H3,(H2,13,17)(H,16,18). The molecule has 0 bridgehead atoms. The number of carbonyl (C=O) groups is 2. The Morgan fingerprint density at radius 2 is 1.95 bits per heavy atom. The minimum absolute atomic E-state index is 0.0373. The van der Waals surface area contributed by atoms with Crippen molar-refractivity contribution in [3.8, 4) is 0 Å². The van der Waals surface area contributed by atoms with E-state index >= 15 is 0 Å². The van der Waals surface area contributed by atoms with Gasteiger partial charge in [-0.1, -0.05) is 20.8 Å². The lowest BCUT2D eigenvalue weighted by Crippen LogP contribution is -2.33. The van der Waals surface area contributed by atoms with E-state index in [2.05, 4.69) is 36.3 Å². The molecule has 1 heterocycles. The summed E-state index contributed by atoms with van der Waals surface area (Å²) in [7, 11) is 0. The summed E-state index contributed by atoms with van der Waals surface area (Å²) in [6.45, 7) is 9.87. The van der Waals surface area contributed by atoms with E-state index in [0.717, 1.165) is 15.6 Å². The maximum Gasteiger partial charge on any atom is 0.329 e. The van der Waals surface area contributed by atoms with Crippen LogP contribution < -0.4 is 11.2 Å². The number of nitrogens with one attached hydrogen (secondary N) is 1. The summed E-state index contributed by atoms with van der Waals surface area (Å²) in [6.07, 6.45) is 0. The minimum atomic E-state index is -1.06. The van der Waals surface area contributed by atoms with E-state index in [0.29, 0.717) is 5.71 Å². The van der Waals surface area contributed by atoms with Crippen molar-refractivity contribution in [2.24, 2.45) is 10.8 Å². The van der Waals surface area contributed by atoms with Crippen LogP contribution in [0.5, 0.6) is 0 Å². The fourth-order valence-electron chi connectivity index (χ4n) is 1.29. The van der Waals surface area contributed by atoms with E-state index in [4.69, 9.17) is 5.73 Å². The number of nitrogens with zero attached hydrogens (tertiary/aromatic N) is 2. The van der Waals surface area contributed by atoms with Crippen LogP contribution in [0.4, 0.5) is 0 Å². The predicted octanol–water partition coefficient (Wildman–Crippen LogP) is 1.07. The van der Waals surface area contributed by atoms with Gasteiger partial charge in [0.25, 0.3) is 0 Å². The molecule has 0 fully saturated rings. The number of primary amides is 1. The molecule has 0 unspecified atom stereocenters. The number of hydrazone groups is 1. The highest BCUT2D eigenvalue weighted by Gasteiger charge is 2.21. The Labute approximate surface area is 116 Å². The van der Waals surface area contributed by atoms with E-state index in [1.807, 2.05) is 6.92 Å². The van der Waals surface area contributed by atoms with E-state index in [1.54, 1.807) is 6.92 Å². The number of rotatable bonds is 2. The topological polar surface area (TPSA) is 97.4 Å².